The number of thiazole rings is 1. The highest BCUT2D eigenvalue weighted by molar-refractivity contribution is 7.11. The van der Waals surface area contributed by atoms with E-state index >= 15 is 0 Å². The monoisotopic (exact) mass is 593 g/mol. The van der Waals surface area contributed by atoms with Crippen LogP contribution in [0.4, 0.5) is 4.39 Å². The van der Waals surface area contributed by atoms with E-state index in [-0.39, 0.29) is 23.7 Å². The minimum atomic E-state index is -0.768. The van der Waals surface area contributed by atoms with Gasteiger partial charge in [-0.2, -0.15) is 0 Å². The molecule has 226 valence electrons. The molecule has 1 aliphatic carbocycles. The summed E-state index contributed by atoms with van der Waals surface area (Å²) in [6.45, 7) is 6.98. The van der Waals surface area contributed by atoms with Gasteiger partial charge in [0, 0.05) is 30.1 Å². The minimum absolute atomic E-state index is 0.0154. The van der Waals surface area contributed by atoms with Crippen molar-refractivity contribution < 1.29 is 19.0 Å². The molecule has 0 amide bonds. The second kappa shape index (κ2) is 13.7. The van der Waals surface area contributed by atoms with E-state index in [1.54, 1.807) is 19.2 Å². The molecule has 2 aliphatic rings. The third kappa shape index (κ3) is 7.21. The molecule has 8 heteroatoms. The first-order valence-corrected chi connectivity index (χ1v) is 16.0. The molecule has 2 heterocycles. The van der Waals surface area contributed by atoms with Gasteiger partial charge in [0.25, 0.3) is 0 Å². The molecule has 1 saturated heterocycles. The van der Waals surface area contributed by atoms with Gasteiger partial charge in [0.05, 0.1) is 12.1 Å². The Bertz CT molecular complexity index is 1320. The van der Waals surface area contributed by atoms with Crippen LogP contribution in [0.15, 0.2) is 54.7 Å². The van der Waals surface area contributed by atoms with Gasteiger partial charge in [-0.25, -0.2) is 9.37 Å². The quantitative estimate of drug-likeness (QED) is 0.268. The van der Waals surface area contributed by atoms with E-state index in [9.17, 15) is 14.3 Å². The van der Waals surface area contributed by atoms with Crippen molar-refractivity contribution in [1.82, 2.24) is 14.8 Å². The molecule has 2 fully saturated rings. The summed E-state index contributed by atoms with van der Waals surface area (Å²) < 4.78 is 19.5. The average Bonchev–Trinajstić information content (AvgIpc) is 3.61. The van der Waals surface area contributed by atoms with Crippen LogP contribution in [0, 0.1) is 17.7 Å². The number of halogens is 1. The summed E-state index contributed by atoms with van der Waals surface area (Å²) in [5, 5.41) is 11.1. The topological polar surface area (TPSA) is 65.9 Å². The lowest BCUT2D eigenvalue weighted by atomic mass is 9.87. The largest absolute Gasteiger partial charge is 0.497 e. The molecule has 1 N–H and O–H groups in total. The van der Waals surface area contributed by atoms with Crippen molar-refractivity contribution >= 4 is 17.3 Å². The number of carboxylic acid groups (broad SMARTS) is 1. The van der Waals surface area contributed by atoms with E-state index in [4.69, 9.17) is 9.72 Å². The van der Waals surface area contributed by atoms with Crippen molar-refractivity contribution in [2.75, 3.05) is 33.8 Å². The summed E-state index contributed by atoms with van der Waals surface area (Å²) in [5.74, 6) is 1.02. The third-order valence-electron chi connectivity index (χ3n) is 9.41. The lowest BCUT2D eigenvalue weighted by Gasteiger charge is -2.35. The van der Waals surface area contributed by atoms with Crippen LogP contribution in [0.5, 0.6) is 5.75 Å². The fraction of sp³-hybridized carbons (Fsp3) is 0.529. The van der Waals surface area contributed by atoms with Gasteiger partial charge in [0.15, 0.2) is 0 Å². The Morgan fingerprint density at radius 2 is 1.90 bits per heavy atom. The van der Waals surface area contributed by atoms with E-state index in [0.717, 1.165) is 68.1 Å². The van der Waals surface area contributed by atoms with Crippen LogP contribution in [0.1, 0.15) is 72.4 Å². The first-order chi connectivity index (χ1) is 20.2. The molecule has 1 aromatic heterocycles. The summed E-state index contributed by atoms with van der Waals surface area (Å²) in [6, 6.07) is 14.9. The van der Waals surface area contributed by atoms with Crippen LogP contribution in [0.2, 0.25) is 0 Å². The van der Waals surface area contributed by atoms with E-state index in [1.807, 2.05) is 50.4 Å². The number of aromatic nitrogens is 1. The van der Waals surface area contributed by atoms with Crippen molar-refractivity contribution in [3.63, 3.8) is 0 Å². The smallest absolute Gasteiger partial charge is 0.321 e. The molecule has 6 nitrogen and oxygen atoms in total. The summed E-state index contributed by atoms with van der Waals surface area (Å²) in [5.41, 5.74) is 2.28. The molecule has 42 heavy (non-hydrogen) atoms. The summed E-state index contributed by atoms with van der Waals surface area (Å²) >= 11 is 1.84. The number of methoxy groups -OCH3 is 1. The Balaban J connectivity index is 1.21. The Hall–Kier alpha value is -2.81. The van der Waals surface area contributed by atoms with Gasteiger partial charge in [-0.15, -0.1) is 11.3 Å². The van der Waals surface area contributed by atoms with E-state index in [1.165, 1.54) is 16.5 Å². The average molecular weight is 594 g/mol. The van der Waals surface area contributed by atoms with Gasteiger partial charge >= 0.3 is 5.97 Å². The van der Waals surface area contributed by atoms with Crippen molar-refractivity contribution in [2.45, 2.75) is 69.9 Å². The summed E-state index contributed by atoms with van der Waals surface area (Å²) in [6.07, 6.45) is 6.92. The number of carboxylic acids is 1. The van der Waals surface area contributed by atoms with Crippen LogP contribution in [0.3, 0.4) is 0 Å². The zero-order chi connectivity index (χ0) is 29.8. The molecule has 3 unspecified atom stereocenters. The second-order valence-corrected chi connectivity index (χ2v) is 13.6. The highest BCUT2D eigenvalue weighted by atomic mass is 32.1. The predicted octanol–water partition coefficient (Wildman–Crippen LogP) is 6.66. The number of nitrogens with zero attached hydrogens (tertiary/aromatic N) is 3. The van der Waals surface area contributed by atoms with Crippen molar-refractivity contribution in [3.8, 4) is 5.75 Å². The van der Waals surface area contributed by atoms with Crippen LogP contribution >= 0.6 is 11.3 Å². The Kier molecular flexibility index (Phi) is 9.96. The molecule has 0 bridgehead atoms. The zero-order valence-electron chi connectivity index (χ0n) is 25.2. The number of aliphatic carboxylic acids is 1. The molecule has 0 spiro atoms. The SMILES string of the molecule is COc1ccc(Cc2ncc(C3CCN(CC4CC(N(C)[C@@H](C(=O)O)C(C)C)CC4c4cccc(F)c4)CC3)s2)cc1. The van der Waals surface area contributed by atoms with Gasteiger partial charge in [-0.3, -0.25) is 9.69 Å². The first-order valence-electron chi connectivity index (χ1n) is 15.2. The maximum atomic E-state index is 14.3. The van der Waals surface area contributed by atoms with Gasteiger partial charge in [0.2, 0.25) is 0 Å². The lowest BCUT2D eigenvalue weighted by molar-refractivity contribution is -0.145. The molecule has 0 radical (unpaired) electrons. The number of piperidine rings is 1. The Morgan fingerprint density at radius 1 is 1.17 bits per heavy atom. The number of benzene rings is 2. The normalized spacial score (nSPS) is 22.6. The van der Waals surface area contributed by atoms with Gasteiger partial charge in [-0.05, 0) is 105 Å². The number of ether oxygens (including phenoxy) is 1. The lowest BCUT2D eigenvalue weighted by Crippen LogP contribution is -2.47. The predicted molar refractivity (Wildman–Crippen MR) is 166 cm³/mol. The Labute approximate surface area is 253 Å². The Morgan fingerprint density at radius 3 is 2.55 bits per heavy atom. The second-order valence-electron chi connectivity index (χ2n) is 12.5. The number of hydrogen-bond donors (Lipinski definition) is 1. The summed E-state index contributed by atoms with van der Waals surface area (Å²) in [4.78, 5) is 22.9. The molecule has 4 atom stereocenters. The first kappa shape index (κ1) is 30.6. The highest BCUT2D eigenvalue weighted by Gasteiger charge is 2.41. The van der Waals surface area contributed by atoms with E-state index in [0.29, 0.717) is 11.8 Å². The van der Waals surface area contributed by atoms with Crippen LogP contribution in [0.25, 0.3) is 0 Å². The maximum Gasteiger partial charge on any atom is 0.321 e. The molecule has 3 aromatic rings. The van der Waals surface area contributed by atoms with E-state index in [2.05, 4.69) is 28.1 Å². The van der Waals surface area contributed by atoms with Crippen LogP contribution < -0.4 is 4.74 Å². The van der Waals surface area contributed by atoms with E-state index < -0.39 is 12.0 Å². The third-order valence-corrected chi connectivity index (χ3v) is 10.6. The zero-order valence-corrected chi connectivity index (χ0v) is 26.0. The van der Waals surface area contributed by atoms with Crippen LogP contribution in [-0.4, -0.2) is 71.7 Å². The van der Waals surface area contributed by atoms with Crippen molar-refractivity contribution in [1.29, 1.82) is 0 Å². The molecule has 2 aromatic carbocycles. The number of likely N-dealkylation sites (N-methyl/N-ethyl adjacent to an activating group) is 1. The minimum Gasteiger partial charge on any atom is -0.497 e. The fourth-order valence-corrected chi connectivity index (χ4v) is 8.30. The van der Waals surface area contributed by atoms with Crippen molar-refractivity contribution in [2.24, 2.45) is 11.8 Å². The number of rotatable bonds is 11. The standard InChI is InChI=1S/C34H44FN3O3S/c1-22(2)33(34(39)40)37(3)28-18-26(30(19-28)25-6-5-7-27(35)17-25)21-38-14-12-24(13-15-38)31-20-36-32(42-31)16-23-8-10-29(41-4)11-9-23/h5-11,17,20,22,24,26,28,30,33H,12-16,18-19,21H2,1-4H3,(H,39,40)/t26?,28?,30?,33-/m1/s1. The number of likely N-dealkylation sites (tertiary alicyclic amines) is 1. The van der Waals surface area contributed by atoms with Gasteiger partial charge < -0.3 is 14.7 Å². The maximum absolute atomic E-state index is 14.3. The molecule has 5 rings (SSSR count). The van der Waals surface area contributed by atoms with Crippen LogP contribution in [-0.2, 0) is 11.2 Å². The number of carbonyl (C=O) groups is 1. The molecule has 1 aliphatic heterocycles. The van der Waals surface area contributed by atoms with Crippen molar-refractivity contribution in [3.05, 3.63) is 81.6 Å². The molecule has 1 saturated carbocycles. The fourth-order valence-electron chi connectivity index (χ4n) is 7.18. The van der Waals surface area contributed by atoms with Gasteiger partial charge in [0.1, 0.15) is 17.6 Å². The molecular formula is C34H44FN3O3S. The summed E-state index contributed by atoms with van der Waals surface area (Å²) in [7, 11) is 3.64. The number of hydrogen-bond acceptors (Lipinski definition) is 6. The molecular weight excluding hydrogens is 549 g/mol. The highest BCUT2D eigenvalue weighted by Crippen LogP contribution is 2.44. The van der Waals surface area contributed by atoms with Gasteiger partial charge in [-0.1, -0.05) is 38.1 Å².